The van der Waals surface area contributed by atoms with Crippen molar-refractivity contribution < 1.29 is 19.1 Å². The zero-order valence-electron chi connectivity index (χ0n) is 16.3. The van der Waals surface area contributed by atoms with E-state index in [2.05, 4.69) is 4.90 Å². The van der Waals surface area contributed by atoms with Crippen LogP contribution in [0.15, 0.2) is 71.3 Å². The molecule has 1 heterocycles. The highest BCUT2D eigenvalue weighted by molar-refractivity contribution is 6.30. The summed E-state index contributed by atoms with van der Waals surface area (Å²) in [4.78, 5) is 13.4. The molecule has 0 saturated heterocycles. The van der Waals surface area contributed by atoms with Crippen LogP contribution in [-0.4, -0.2) is 35.0 Å². The molecule has 0 aliphatic rings. The summed E-state index contributed by atoms with van der Waals surface area (Å²) in [7, 11) is 0. The molecule has 29 heavy (non-hydrogen) atoms. The molecule has 0 saturated carbocycles. The highest BCUT2D eigenvalue weighted by atomic mass is 35.5. The summed E-state index contributed by atoms with van der Waals surface area (Å²) < 4.78 is 11.1. The Bertz CT molecular complexity index is 892. The number of Topliss-reactive ketones (excluding diaryl/α,β-unsaturated/α-hetero) is 1. The van der Waals surface area contributed by atoms with Crippen LogP contribution < -0.4 is 4.74 Å². The summed E-state index contributed by atoms with van der Waals surface area (Å²) in [5, 5.41) is 11.2. The van der Waals surface area contributed by atoms with Gasteiger partial charge in [-0.2, -0.15) is 0 Å². The van der Waals surface area contributed by atoms with Crippen molar-refractivity contribution in [2.75, 3.05) is 13.2 Å². The maximum absolute atomic E-state index is 11.3. The predicted molar refractivity (Wildman–Crippen MR) is 112 cm³/mol. The third-order valence-electron chi connectivity index (χ3n) is 4.45. The number of hydrogen-bond acceptors (Lipinski definition) is 5. The van der Waals surface area contributed by atoms with Crippen LogP contribution in [0, 0.1) is 0 Å². The Labute approximate surface area is 175 Å². The number of carbonyl (C=O) groups excluding carboxylic acids is 1. The Morgan fingerprint density at radius 3 is 2.45 bits per heavy atom. The molecule has 3 aromatic rings. The average Bonchev–Trinajstić information content (AvgIpc) is 3.21. The molecule has 3 rings (SSSR count). The van der Waals surface area contributed by atoms with Crippen LogP contribution in [-0.2, 0) is 13.1 Å². The SMILES string of the molecule is CC(=O)c1ccc(OCC(O)CN(Cc2ccc(Cl)cc2)Cc2ccco2)cc1. The van der Waals surface area contributed by atoms with E-state index >= 15 is 0 Å². The summed E-state index contributed by atoms with van der Waals surface area (Å²) in [5.41, 5.74) is 1.72. The zero-order valence-corrected chi connectivity index (χ0v) is 17.0. The van der Waals surface area contributed by atoms with E-state index in [1.807, 2.05) is 36.4 Å². The van der Waals surface area contributed by atoms with E-state index in [-0.39, 0.29) is 12.4 Å². The minimum atomic E-state index is -0.690. The van der Waals surface area contributed by atoms with Gasteiger partial charge in [0, 0.05) is 23.7 Å². The third-order valence-corrected chi connectivity index (χ3v) is 4.70. The smallest absolute Gasteiger partial charge is 0.159 e. The van der Waals surface area contributed by atoms with Gasteiger partial charge in [0.1, 0.15) is 24.2 Å². The van der Waals surface area contributed by atoms with Gasteiger partial charge in [-0.25, -0.2) is 0 Å². The first kappa shape index (κ1) is 21.1. The van der Waals surface area contributed by atoms with Gasteiger partial charge in [-0.1, -0.05) is 23.7 Å². The average molecular weight is 414 g/mol. The Kier molecular flexibility index (Phi) is 7.47. The Morgan fingerprint density at radius 1 is 1.10 bits per heavy atom. The Hall–Kier alpha value is -2.60. The van der Waals surface area contributed by atoms with Crippen molar-refractivity contribution in [1.29, 1.82) is 0 Å². The van der Waals surface area contributed by atoms with E-state index < -0.39 is 6.10 Å². The van der Waals surface area contributed by atoms with E-state index in [0.717, 1.165) is 11.3 Å². The van der Waals surface area contributed by atoms with Crippen molar-refractivity contribution in [3.05, 3.63) is 88.8 Å². The zero-order chi connectivity index (χ0) is 20.6. The maximum Gasteiger partial charge on any atom is 0.159 e. The molecule has 1 unspecified atom stereocenters. The normalized spacial score (nSPS) is 12.1. The minimum Gasteiger partial charge on any atom is -0.491 e. The molecule has 0 bridgehead atoms. The summed E-state index contributed by atoms with van der Waals surface area (Å²) in [6.07, 6.45) is 0.949. The molecule has 0 fully saturated rings. The van der Waals surface area contributed by atoms with Gasteiger partial charge in [0.25, 0.3) is 0 Å². The van der Waals surface area contributed by atoms with Gasteiger partial charge < -0.3 is 14.3 Å². The van der Waals surface area contributed by atoms with E-state index in [1.165, 1.54) is 6.92 Å². The summed E-state index contributed by atoms with van der Waals surface area (Å²) in [6, 6.07) is 18.3. The number of halogens is 1. The topological polar surface area (TPSA) is 62.9 Å². The second-order valence-electron chi connectivity index (χ2n) is 6.92. The lowest BCUT2D eigenvalue weighted by Gasteiger charge is -2.24. The van der Waals surface area contributed by atoms with Gasteiger partial charge in [-0.3, -0.25) is 9.69 Å². The first-order valence-electron chi connectivity index (χ1n) is 9.40. The number of benzene rings is 2. The molecule has 1 atom stereocenters. The van der Waals surface area contributed by atoms with Crippen LogP contribution in [0.4, 0.5) is 0 Å². The fourth-order valence-corrected chi connectivity index (χ4v) is 3.11. The van der Waals surface area contributed by atoms with Gasteiger partial charge in [0.05, 0.1) is 12.8 Å². The number of ether oxygens (including phenoxy) is 1. The molecular formula is C23H24ClNO4. The van der Waals surface area contributed by atoms with E-state index in [1.54, 1.807) is 30.5 Å². The quantitative estimate of drug-likeness (QED) is 0.493. The summed E-state index contributed by atoms with van der Waals surface area (Å²) in [5.74, 6) is 1.45. The number of furan rings is 1. The molecule has 1 aromatic heterocycles. The molecule has 6 heteroatoms. The highest BCUT2D eigenvalue weighted by Crippen LogP contribution is 2.16. The first-order valence-corrected chi connectivity index (χ1v) is 9.78. The van der Waals surface area contributed by atoms with Crippen LogP contribution in [0.3, 0.4) is 0 Å². The van der Waals surface area contributed by atoms with Gasteiger partial charge in [-0.15, -0.1) is 0 Å². The Morgan fingerprint density at radius 2 is 1.83 bits per heavy atom. The third kappa shape index (κ3) is 6.75. The standard InChI is InChI=1S/C23H24ClNO4/c1-17(26)19-6-10-22(11-7-19)29-16-21(27)14-25(15-23-3-2-12-28-23)13-18-4-8-20(24)9-5-18/h2-12,21,27H,13-16H2,1H3. The predicted octanol–water partition coefficient (Wildman–Crippen LogP) is 4.58. The maximum atomic E-state index is 11.3. The van der Waals surface area contributed by atoms with Gasteiger partial charge in [0.15, 0.2) is 5.78 Å². The second kappa shape index (κ2) is 10.3. The minimum absolute atomic E-state index is 0.00681. The van der Waals surface area contributed by atoms with Crippen LogP contribution in [0.1, 0.15) is 28.6 Å². The second-order valence-corrected chi connectivity index (χ2v) is 7.36. The van der Waals surface area contributed by atoms with Crippen LogP contribution in [0.2, 0.25) is 5.02 Å². The molecule has 0 aliphatic carbocycles. The number of nitrogens with zero attached hydrogens (tertiary/aromatic N) is 1. The monoisotopic (exact) mass is 413 g/mol. The molecule has 0 aliphatic heterocycles. The molecule has 0 spiro atoms. The van der Waals surface area contributed by atoms with E-state index in [0.29, 0.717) is 36.0 Å². The van der Waals surface area contributed by atoms with Gasteiger partial charge in [0.2, 0.25) is 0 Å². The van der Waals surface area contributed by atoms with Crippen molar-refractivity contribution in [2.45, 2.75) is 26.1 Å². The lowest BCUT2D eigenvalue weighted by molar-refractivity contribution is 0.0604. The number of carbonyl (C=O) groups is 1. The van der Waals surface area contributed by atoms with Crippen molar-refractivity contribution >= 4 is 17.4 Å². The highest BCUT2D eigenvalue weighted by Gasteiger charge is 2.15. The van der Waals surface area contributed by atoms with Crippen molar-refractivity contribution in [1.82, 2.24) is 4.90 Å². The lowest BCUT2D eigenvalue weighted by atomic mass is 10.1. The fourth-order valence-electron chi connectivity index (χ4n) is 2.98. The summed E-state index contributed by atoms with van der Waals surface area (Å²) in [6.45, 7) is 3.29. The lowest BCUT2D eigenvalue weighted by Crippen LogP contribution is -2.35. The molecule has 1 N–H and O–H groups in total. The van der Waals surface area contributed by atoms with Crippen LogP contribution in [0.5, 0.6) is 5.75 Å². The van der Waals surface area contributed by atoms with E-state index in [9.17, 15) is 9.90 Å². The molecule has 152 valence electrons. The fraction of sp³-hybridized carbons (Fsp3) is 0.261. The van der Waals surface area contributed by atoms with Crippen molar-refractivity contribution in [3.63, 3.8) is 0 Å². The molecule has 2 aromatic carbocycles. The van der Waals surface area contributed by atoms with Gasteiger partial charge >= 0.3 is 0 Å². The molecule has 0 radical (unpaired) electrons. The molecule has 0 amide bonds. The number of aliphatic hydroxyl groups excluding tert-OH is 1. The number of rotatable bonds is 10. The van der Waals surface area contributed by atoms with Crippen molar-refractivity contribution in [2.24, 2.45) is 0 Å². The Balaban J connectivity index is 1.58. The largest absolute Gasteiger partial charge is 0.491 e. The number of hydrogen-bond donors (Lipinski definition) is 1. The summed E-state index contributed by atoms with van der Waals surface area (Å²) >= 11 is 5.97. The van der Waals surface area contributed by atoms with Crippen molar-refractivity contribution in [3.8, 4) is 5.75 Å². The van der Waals surface area contributed by atoms with Gasteiger partial charge in [-0.05, 0) is 61.0 Å². The van der Waals surface area contributed by atoms with Crippen LogP contribution in [0.25, 0.3) is 0 Å². The number of ketones is 1. The molecular weight excluding hydrogens is 390 g/mol. The number of aliphatic hydroxyl groups is 1. The molecule has 5 nitrogen and oxygen atoms in total. The van der Waals surface area contributed by atoms with Crippen LogP contribution >= 0.6 is 11.6 Å². The van der Waals surface area contributed by atoms with E-state index in [4.69, 9.17) is 20.8 Å². The first-order chi connectivity index (χ1) is 14.0.